The minimum absolute atomic E-state index is 0.415. The van der Waals surface area contributed by atoms with Crippen LogP contribution < -0.4 is 4.74 Å². The number of ether oxygens (including phenoxy) is 3. The zero-order valence-electron chi connectivity index (χ0n) is 13.7. The van der Waals surface area contributed by atoms with E-state index >= 15 is 0 Å². The lowest BCUT2D eigenvalue weighted by molar-refractivity contribution is -0.152. The molecule has 2 rings (SSSR count). The van der Waals surface area contributed by atoms with Crippen LogP contribution in [0.1, 0.15) is 29.7 Å². The Morgan fingerprint density at radius 1 is 1.09 bits per heavy atom. The summed E-state index contributed by atoms with van der Waals surface area (Å²) in [7, 11) is 2.84. The first-order valence-corrected chi connectivity index (χ1v) is 7.59. The highest BCUT2D eigenvalue weighted by atomic mass is 16.6. The fourth-order valence-corrected chi connectivity index (χ4v) is 2.42. The van der Waals surface area contributed by atoms with Crippen LogP contribution in [-0.2, 0) is 27.3 Å². The summed E-state index contributed by atoms with van der Waals surface area (Å²) < 4.78 is 15.9. The number of carbonyl (C=O) groups is 1. The molecule has 0 saturated carbocycles. The van der Waals surface area contributed by atoms with E-state index < -0.39 is 12.1 Å². The van der Waals surface area contributed by atoms with Gasteiger partial charge in [-0.05, 0) is 35.2 Å². The molecule has 4 nitrogen and oxygen atoms in total. The van der Waals surface area contributed by atoms with Crippen molar-refractivity contribution in [2.24, 2.45) is 0 Å². The normalized spacial score (nSPS) is 11.8. The quantitative estimate of drug-likeness (QED) is 0.731. The Labute approximate surface area is 137 Å². The fourth-order valence-electron chi connectivity index (χ4n) is 2.42. The van der Waals surface area contributed by atoms with Gasteiger partial charge in [0.15, 0.2) is 6.10 Å². The molecule has 0 saturated heterocycles. The average Bonchev–Trinajstić information content (AvgIpc) is 2.61. The van der Waals surface area contributed by atoms with Gasteiger partial charge < -0.3 is 14.2 Å². The molecular weight excluding hydrogens is 292 g/mol. The molecule has 2 aromatic carbocycles. The molecule has 0 aliphatic heterocycles. The van der Waals surface area contributed by atoms with E-state index in [4.69, 9.17) is 14.2 Å². The standard InChI is InChI=1S/C19H22O4/c1-4-15-9-5-6-11-17(15)23-13-14-8-7-10-16(12-14)18(21-2)19(20)22-3/h5-12,18H,4,13H2,1-3H3. The molecule has 0 aliphatic rings. The second-order valence-electron chi connectivity index (χ2n) is 5.13. The van der Waals surface area contributed by atoms with Gasteiger partial charge in [0.1, 0.15) is 12.4 Å². The van der Waals surface area contributed by atoms with Crippen molar-refractivity contribution in [1.82, 2.24) is 0 Å². The average molecular weight is 314 g/mol. The summed E-state index contributed by atoms with van der Waals surface area (Å²) in [5.41, 5.74) is 2.90. The molecule has 4 heteroatoms. The van der Waals surface area contributed by atoms with E-state index in [1.807, 2.05) is 42.5 Å². The number of esters is 1. The molecule has 0 heterocycles. The second-order valence-corrected chi connectivity index (χ2v) is 5.13. The van der Waals surface area contributed by atoms with Gasteiger partial charge in [-0.15, -0.1) is 0 Å². The summed E-state index contributed by atoms with van der Waals surface area (Å²) in [5, 5.41) is 0. The number of para-hydroxylation sites is 1. The van der Waals surface area contributed by atoms with Crippen LogP contribution >= 0.6 is 0 Å². The lowest BCUT2D eigenvalue weighted by Gasteiger charge is -2.15. The molecule has 0 N–H and O–H groups in total. The molecule has 0 radical (unpaired) electrons. The van der Waals surface area contributed by atoms with Gasteiger partial charge in [0, 0.05) is 7.11 Å². The van der Waals surface area contributed by atoms with Gasteiger partial charge in [-0.1, -0.05) is 43.3 Å². The molecule has 0 fully saturated rings. The van der Waals surface area contributed by atoms with Crippen LogP contribution in [0.4, 0.5) is 0 Å². The van der Waals surface area contributed by atoms with Crippen molar-refractivity contribution < 1.29 is 19.0 Å². The molecule has 0 bridgehead atoms. The van der Waals surface area contributed by atoms with Crippen molar-refractivity contribution in [3.8, 4) is 5.75 Å². The molecule has 2 aromatic rings. The van der Waals surface area contributed by atoms with Gasteiger partial charge in [0.25, 0.3) is 0 Å². The molecule has 0 amide bonds. The first-order chi connectivity index (χ1) is 11.2. The highest BCUT2D eigenvalue weighted by Crippen LogP contribution is 2.22. The minimum atomic E-state index is -0.720. The van der Waals surface area contributed by atoms with Crippen molar-refractivity contribution in [3.63, 3.8) is 0 Å². The van der Waals surface area contributed by atoms with E-state index in [0.717, 1.165) is 23.3 Å². The van der Waals surface area contributed by atoms with Gasteiger partial charge in [0.05, 0.1) is 7.11 Å². The zero-order chi connectivity index (χ0) is 16.7. The third kappa shape index (κ3) is 4.33. The van der Waals surface area contributed by atoms with Crippen LogP contribution in [0.2, 0.25) is 0 Å². The molecule has 122 valence electrons. The van der Waals surface area contributed by atoms with Gasteiger partial charge in [-0.25, -0.2) is 4.79 Å². The number of benzene rings is 2. The Kier molecular flexibility index (Phi) is 6.18. The molecule has 0 spiro atoms. The molecule has 0 aliphatic carbocycles. The summed E-state index contributed by atoms with van der Waals surface area (Å²) in [4.78, 5) is 11.7. The van der Waals surface area contributed by atoms with E-state index in [-0.39, 0.29) is 0 Å². The van der Waals surface area contributed by atoms with E-state index in [1.54, 1.807) is 0 Å². The minimum Gasteiger partial charge on any atom is -0.489 e. The summed E-state index contributed by atoms with van der Waals surface area (Å²) in [6.07, 6.45) is 0.201. The lowest BCUT2D eigenvalue weighted by Crippen LogP contribution is -2.16. The van der Waals surface area contributed by atoms with Crippen LogP contribution in [0, 0.1) is 0 Å². The fraction of sp³-hybridized carbons (Fsp3) is 0.316. The maximum Gasteiger partial charge on any atom is 0.339 e. The number of rotatable bonds is 7. The van der Waals surface area contributed by atoms with Crippen molar-refractivity contribution in [3.05, 3.63) is 65.2 Å². The monoisotopic (exact) mass is 314 g/mol. The molecule has 1 unspecified atom stereocenters. The van der Waals surface area contributed by atoms with Gasteiger partial charge in [-0.2, -0.15) is 0 Å². The van der Waals surface area contributed by atoms with E-state index in [1.165, 1.54) is 19.8 Å². The summed E-state index contributed by atoms with van der Waals surface area (Å²) in [6, 6.07) is 15.6. The Bertz CT molecular complexity index is 651. The zero-order valence-corrected chi connectivity index (χ0v) is 13.7. The molecule has 23 heavy (non-hydrogen) atoms. The van der Waals surface area contributed by atoms with Gasteiger partial charge in [-0.3, -0.25) is 0 Å². The summed E-state index contributed by atoms with van der Waals surface area (Å²) >= 11 is 0. The largest absolute Gasteiger partial charge is 0.489 e. The Balaban J connectivity index is 2.12. The second kappa shape index (κ2) is 8.34. The third-order valence-electron chi connectivity index (χ3n) is 3.65. The van der Waals surface area contributed by atoms with Crippen LogP contribution in [0.3, 0.4) is 0 Å². The molecular formula is C19H22O4. The lowest BCUT2D eigenvalue weighted by atomic mass is 10.1. The van der Waals surface area contributed by atoms with Crippen molar-refractivity contribution in [1.29, 1.82) is 0 Å². The SMILES string of the molecule is CCc1ccccc1OCc1cccc(C(OC)C(=O)OC)c1. The van der Waals surface area contributed by atoms with Crippen molar-refractivity contribution in [2.75, 3.05) is 14.2 Å². The Morgan fingerprint density at radius 2 is 1.87 bits per heavy atom. The van der Waals surface area contributed by atoms with E-state index in [9.17, 15) is 4.79 Å². The number of aryl methyl sites for hydroxylation is 1. The predicted octanol–water partition coefficient (Wildman–Crippen LogP) is 3.69. The maximum absolute atomic E-state index is 11.7. The number of hydrogen-bond acceptors (Lipinski definition) is 4. The van der Waals surface area contributed by atoms with Crippen LogP contribution in [0.5, 0.6) is 5.75 Å². The Hall–Kier alpha value is -2.33. The number of carbonyl (C=O) groups excluding carboxylic acids is 1. The van der Waals surface area contributed by atoms with Gasteiger partial charge >= 0.3 is 5.97 Å². The first-order valence-electron chi connectivity index (χ1n) is 7.59. The van der Waals surface area contributed by atoms with Crippen molar-refractivity contribution >= 4 is 5.97 Å². The van der Waals surface area contributed by atoms with Crippen LogP contribution in [0.25, 0.3) is 0 Å². The molecule has 1 atom stereocenters. The highest BCUT2D eigenvalue weighted by molar-refractivity contribution is 5.76. The summed E-state index contributed by atoms with van der Waals surface area (Å²) in [6.45, 7) is 2.53. The van der Waals surface area contributed by atoms with E-state index in [0.29, 0.717) is 6.61 Å². The number of hydrogen-bond donors (Lipinski definition) is 0. The van der Waals surface area contributed by atoms with E-state index in [2.05, 4.69) is 13.0 Å². The number of methoxy groups -OCH3 is 2. The third-order valence-corrected chi connectivity index (χ3v) is 3.65. The Morgan fingerprint density at radius 3 is 2.57 bits per heavy atom. The maximum atomic E-state index is 11.7. The topological polar surface area (TPSA) is 44.8 Å². The van der Waals surface area contributed by atoms with Crippen LogP contribution in [-0.4, -0.2) is 20.2 Å². The predicted molar refractivity (Wildman–Crippen MR) is 88.4 cm³/mol. The first kappa shape index (κ1) is 17.0. The van der Waals surface area contributed by atoms with Crippen LogP contribution in [0.15, 0.2) is 48.5 Å². The molecule has 0 aromatic heterocycles. The van der Waals surface area contributed by atoms with Crippen molar-refractivity contribution in [2.45, 2.75) is 26.1 Å². The highest BCUT2D eigenvalue weighted by Gasteiger charge is 2.20. The summed E-state index contributed by atoms with van der Waals surface area (Å²) in [5.74, 6) is 0.471. The smallest absolute Gasteiger partial charge is 0.339 e. The van der Waals surface area contributed by atoms with Gasteiger partial charge in [0.2, 0.25) is 0 Å².